The number of hydrogen-bond donors (Lipinski definition) is 1. The molecule has 92 valence electrons. The van der Waals surface area contributed by atoms with E-state index in [4.69, 9.17) is 23.2 Å². The number of carbonyl (C=O) groups is 1. The summed E-state index contributed by atoms with van der Waals surface area (Å²) in [5.41, 5.74) is 0.998. The second-order valence-corrected chi connectivity index (χ2v) is 5.27. The number of benzene rings is 1. The van der Waals surface area contributed by atoms with Gasteiger partial charge in [0.25, 0.3) is 0 Å². The molecular weight excluding hydrogens is 257 g/mol. The number of nitrogens with one attached hydrogen (secondary N) is 1. The molecular formula is C13H15Cl2NO. The molecule has 1 aliphatic rings. The van der Waals surface area contributed by atoms with E-state index in [9.17, 15) is 4.79 Å². The number of hydrogen-bond acceptors (Lipinski definition) is 1. The van der Waals surface area contributed by atoms with Crippen LogP contribution in [0.1, 0.15) is 24.8 Å². The van der Waals surface area contributed by atoms with E-state index in [1.165, 1.54) is 0 Å². The minimum atomic E-state index is 0.0381. The first kappa shape index (κ1) is 12.7. The first-order valence-electron chi connectivity index (χ1n) is 5.88. The smallest absolute Gasteiger partial charge is 0.223 e. The van der Waals surface area contributed by atoms with Gasteiger partial charge in [-0.15, -0.1) is 0 Å². The molecule has 0 bridgehead atoms. The van der Waals surface area contributed by atoms with Crippen molar-refractivity contribution in [1.29, 1.82) is 0 Å². The van der Waals surface area contributed by atoms with Crippen LogP contribution in [0.5, 0.6) is 0 Å². The second kappa shape index (κ2) is 5.74. The Bertz CT molecular complexity index is 420. The third kappa shape index (κ3) is 3.36. The molecule has 2 rings (SSSR count). The van der Waals surface area contributed by atoms with Crippen LogP contribution >= 0.6 is 23.2 Å². The van der Waals surface area contributed by atoms with Gasteiger partial charge < -0.3 is 5.32 Å². The molecule has 1 atom stereocenters. The fraction of sp³-hybridized carbons (Fsp3) is 0.462. The lowest BCUT2D eigenvalue weighted by molar-refractivity contribution is -0.124. The number of carbonyl (C=O) groups excluding carboxylic acids is 1. The van der Waals surface area contributed by atoms with Crippen LogP contribution in [0.4, 0.5) is 0 Å². The Labute approximate surface area is 111 Å². The average Bonchev–Trinajstić information content (AvgIpc) is 2.48. The summed E-state index contributed by atoms with van der Waals surface area (Å²) in [5.74, 6) is 0.185. The van der Waals surface area contributed by atoms with E-state index in [0.717, 1.165) is 31.4 Å². The topological polar surface area (TPSA) is 29.1 Å². The fourth-order valence-corrected chi connectivity index (χ4v) is 2.64. The molecule has 0 aliphatic carbocycles. The lowest BCUT2D eigenvalue weighted by atomic mass is 9.94. The van der Waals surface area contributed by atoms with E-state index in [1.54, 1.807) is 6.07 Å². The average molecular weight is 272 g/mol. The van der Waals surface area contributed by atoms with Gasteiger partial charge in [0.1, 0.15) is 0 Å². The molecule has 4 heteroatoms. The lowest BCUT2D eigenvalue weighted by Crippen LogP contribution is -2.30. The molecule has 0 spiro atoms. The van der Waals surface area contributed by atoms with Crippen molar-refractivity contribution in [3.63, 3.8) is 0 Å². The number of halogens is 2. The summed E-state index contributed by atoms with van der Waals surface area (Å²) in [7, 11) is 0. The molecule has 1 saturated heterocycles. The summed E-state index contributed by atoms with van der Waals surface area (Å²) in [6.45, 7) is 0.795. The van der Waals surface area contributed by atoms with Crippen LogP contribution in [-0.2, 0) is 11.2 Å². The Morgan fingerprint density at radius 2 is 2.12 bits per heavy atom. The minimum Gasteiger partial charge on any atom is -0.356 e. The van der Waals surface area contributed by atoms with Gasteiger partial charge in [-0.1, -0.05) is 35.7 Å². The van der Waals surface area contributed by atoms with Crippen LogP contribution in [0.2, 0.25) is 10.0 Å². The van der Waals surface area contributed by atoms with Gasteiger partial charge in [0.05, 0.1) is 0 Å². The maximum atomic E-state index is 11.8. The van der Waals surface area contributed by atoms with Crippen LogP contribution in [0, 0.1) is 5.92 Å². The maximum Gasteiger partial charge on any atom is 0.223 e. The Morgan fingerprint density at radius 1 is 1.29 bits per heavy atom. The first-order chi connectivity index (χ1) is 8.16. The van der Waals surface area contributed by atoms with Gasteiger partial charge in [0.15, 0.2) is 0 Å². The van der Waals surface area contributed by atoms with Crippen LogP contribution < -0.4 is 5.32 Å². The molecule has 1 unspecified atom stereocenters. The van der Waals surface area contributed by atoms with Crippen molar-refractivity contribution in [2.24, 2.45) is 5.92 Å². The molecule has 0 radical (unpaired) electrons. The predicted molar refractivity (Wildman–Crippen MR) is 70.5 cm³/mol. The summed E-state index contributed by atoms with van der Waals surface area (Å²) in [4.78, 5) is 11.8. The molecule has 1 aromatic rings. The van der Waals surface area contributed by atoms with Crippen molar-refractivity contribution in [2.45, 2.75) is 25.7 Å². The highest BCUT2D eigenvalue weighted by atomic mass is 35.5. The molecule has 17 heavy (non-hydrogen) atoms. The van der Waals surface area contributed by atoms with Crippen molar-refractivity contribution >= 4 is 29.1 Å². The zero-order valence-corrected chi connectivity index (χ0v) is 11.0. The van der Waals surface area contributed by atoms with Gasteiger partial charge in [-0.25, -0.2) is 0 Å². The molecule has 1 aliphatic heterocycles. The lowest BCUT2D eigenvalue weighted by Gasteiger charge is -2.14. The van der Waals surface area contributed by atoms with E-state index in [-0.39, 0.29) is 11.8 Å². The second-order valence-electron chi connectivity index (χ2n) is 4.42. The first-order valence-corrected chi connectivity index (χ1v) is 6.64. The van der Waals surface area contributed by atoms with Gasteiger partial charge in [-0.2, -0.15) is 0 Å². The maximum absolute atomic E-state index is 11.8. The Balaban J connectivity index is 2.10. The van der Waals surface area contributed by atoms with Crippen molar-refractivity contribution < 1.29 is 4.79 Å². The third-order valence-corrected chi connectivity index (χ3v) is 3.72. The highest BCUT2D eigenvalue weighted by Gasteiger charge is 2.21. The predicted octanol–water partition coefficient (Wildman–Crippen LogP) is 3.45. The number of amides is 1. The van der Waals surface area contributed by atoms with E-state index in [1.807, 2.05) is 12.1 Å². The molecule has 1 aromatic carbocycles. The van der Waals surface area contributed by atoms with Crippen LogP contribution in [0.3, 0.4) is 0 Å². The largest absolute Gasteiger partial charge is 0.356 e. The highest BCUT2D eigenvalue weighted by molar-refractivity contribution is 6.35. The third-order valence-electron chi connectivity index (χ3n) is 3.13. The van der Waals surface area contributed by atoms with Crippen molar-refractivity contribution in [1.82, 2.24) is 5.32 Å². The fourth-order valence-electron chi connectivity index (χ4n) is 2.15. The SMILES string of the molecule is O=C1NCCCCC1Cc1ccc(Cl)cc1Cl. The van der Waals surface area contributed by atoms with E-state index >= 15 is 0 Å². The van der Waals surface area contributed by atoms with Gasteiger partial charge in [-0.3, -0.25) is 4.79 Å². The van der Waals surface area contributed by atoms with Crippen LogP contribution in [0.25, 0.3) is 0 Å². The molecule has 1 N–H and O–H groups in total. The van der Waals surface area contributed by atoms with E-state index in [0.29, 0.717) is 16.5 Å². The summed E-state index contributed by atoms with van der Waals surface area (Å²) in [5, 5.41) is 4.21. The Hall–Kier alpha value is -0.730. The monoisotopic (exact) mass is 271 g/mol. The molecule has 0 aromatic heterocycles. The van der Waals surface area contributed by atoms with Crippen molar-refractivity contribution in [3.8, 4) is 0 Å². The van der Waals surface area contributed by atoms with E-state index in [2.05, 4.69) is 5.32 Å². The molecule has 1 fully saturated rings. The van der Waals surface area contributed by atoms with Gasteiger partial charge in [-0.05, 0) is 37.0 Å². The Morgan fingerprint density at radius 3 is 2.88 bits per heavy atom. The summed E-state index contributed by atoms with van der Waals surface area (Å²) in [6.07, 6.45) is 3.79. The zero-order valence-electron chi connectivity index (χ0n) is 9.51. The molecule has 2 nitrogen and oxygen atoms in total. The van der Waals surface area contributed by atoms with Crippen molar-refractivity contribution in [3.05, 3.63) is 33.8 Å². The van der Waals surface area contributed by atoms with Gasteiger partial charge in [0, 0.05) is 22.5 Å². The van der Waals surface area contributed by atoms with Gasteiger partial charge >= 0.3 is 0 Å². The van der Waals surface area contributed by atoms with Crippen molar-refractivity contribution in [2.75, 3.05) is 6.54 Å². The summed E-state index contributed by atoms with van der Waals surface area (Å²) in [6, 6.07) is 5.45. The van der Waals surface area contributed by atoms with Crippen LogP contribution in [0.15, 0.2) is 18.2 Å². The molecule has 1 heterocycles. The molecule has 1 amide bonds. The normalized spacial score (nSPS) is 20.8. The summed E-state index contributed by atoms with van der Waals surface area (Å²) < 4.78 is 0. The number of rotatable bonds is 2. The quantitative estimate of drug-likeness (QED) is 0.877. The highest BCUT2D eigenvalue weighted by Crippen LogP contribution is 2.25. The van der Waals surface area contributed by atoms with Crippen LogP contribution in [-0.4, -0.2) is 12.5 Å². The minimum absolute atomic E-state index is 0.0381. The van der Waals surface area contributed by atoms with Gasteiger partial charge in [0.2, 0.25) is 5.91 Å². The Kier molecular flexibility index (Phi) is 4.30. The molecule has 0 saturated carbocycles. The van der Waals surface area contributed by atoms with E-state index < -0.39 is 0 Å². The summed E-state index contributed by atoms with van der Waals surface area (Å²) >= 11 is 12.0. The zero-order chi connectivity index (χ0) is 12.3. The standard InChI is InChI=1S/C13H15Cl2NO/c14-11-5-4-9(12(15)8-11)7-10-3-1-2-6-16-13(10)17/h4-5,8,10H,1-3,6-7H2,(H,16,17).